The molecule has 8 heteroatoms. The van der Waals surface area contributed by atoms with Gasteiger partial charge in [-0.3, -0.25) is 9.10 Å². The second-order valence-electron chi connectivity index (χ2n) is 7.66. The molecule has 33 heavy (non-hydrogen) atoms. The van der Waals surface area contributed by atoms with E-state index in [1.54, 1.807) is 12.1 Å². The van der Waals surface area contributed by atoms with Gasteiger partial charge in [0, 0.05) is 10.9 Å². The van der Waals surface area contributed by atoms with Crippen molar-refractivity contribution in [2.24, 2.45) is 0 Å². The van der Waals surface area contributed by atoms with E-state index in [2.05, 4.69) is 5.32 Å². The second-order valence-corrected chi connectivity index (χ2v) is 10.4. The Labute approximate surface area is 199 Å². The second kappa shape index (κ2) is 11.3. The predicted octanol–water partition coefficient (Wildman–Crippen LogP) is 4.88. The highest BCUT2D eigenvalue weighted by atomic mass is 32.2. The first-order chi connectivity index (χ1) is 15.8. The third-order valence-electron chi connectivity index (χ3n) is 5.15. The van der Waals surface area contributed by atoms with Gasteiger partial charge in [0.05, 0.1) is 10.6 Å². The molecule has 174 valence electrons. The zero-order chi connectivity index (χ0) is 23.8. The van der Waals surface area contributed by atoms with Crippen molar-refractivity contribution in [1.82, 2.24) is 5.32 Å². The molecule has 1 amide bonds. The van der Waals surface area contributed by atoms with E-state index in [0.717, 1.165) is 27.3 Å². The van der Waals surface area contributed by atoms with Gasteiger partial charge in [-0.05, 0) is 74.0 Å². The molecule has 1 N–H and O–H groups in total. The molecule has 0 radical (unpaired) electrons. The minimum Gasteiger partial charge on any atom is -0.352 e. The first-order valence-corrected chi connectivity index (χ1v) is 13.2. The Morgan fingerprint density at radius 2 is 1.73 bits per heavy atom. The van der Waals surface area contributed by atoms with E-state index in [9.17, 15) is 17.6 Å². The fraction of sp³-hybridized carbons (Fsp3) is 0.240. The van der Waals surface area contributed by atoms with Crippen molar-refractivity contribution < 1.29 is 17.6 Å². The fourth-order valence-electron chi connectivity index (χ4n) is 3.37. The number of rotatable bonds is 10. The first kappa shape index (κ1) is 24.8. The third kappa shape index (κ3) is 6.82. The molecule has 3 rings (SSSR count). The third-order valence-corrected chi connectivity index (χ3v) is 7.68. The number of hydrogen-bond acceptors (Lipinski definition) is 4. The zero-order valence-corrected chi connectivity index (χ0v) is 20.2. The molecule has 3 aromatic carbocycles. The molecular weight excluding hydrogens is 459 g/mol. The highest BCUT2D eigenvalue weighted by Crippen LogP contribution is 2.26. The Morgan fingerprint density at radius 1 is 1.03 bits per heavy atom. The van der Waals surface area contributed by atoms with E-state index in [1.807, 2.05) is 43.5 Å². The topological polar surface area (TPSA) is 66.5 Å². The van der Waals surface area contributed by atoms with Crippen LogP contribution < -0.4 is 9.62 Å². The summed E-state index contributed by atoms with van der Waals surface area (Å²) in [5.41, 5.74) is 1.26. The van der Waals surface area contributed by atoms with Gasteiger partial charge in [-0.2, -0.15) is 0 Å². The average Bonchev–Trinajstić information content (AvgIpc) is 2.82. The van der Waals surface area contributed by atoms with Crippen molar-refractivity contribution in [1.29, 1.82) is 0 Å². The molecule has 0 aromatic heterocycles. The number of halogens is 1. The Kier molecular flexibility index (Phi) is 8.52. The molecule has 5 nitrogen and oxygen atoms in total. The van der Waals surface area contributed by atoms with Crippen LogP contribution in [0, 0.1) is 5.82 Å². The molecule has 0 fully saturated rings. The Hall–Kier alpha value is -2.84. The highest BCUT2D eigenvalue weighted by Gasteiger charge is 2.28. The number of anilines is 1. The van der Waals surface area contributed by atoms with Crippen molar-refractivity contribution >= 4 is 33.4 Å². The van der Waals surface area contributed by atoms with E-state index in [4.69, 9.17) is 0 Å². The van der Waals surface area contributed by atoms with E-state index in [0.29, 0.717) is 6.42 Å². The Bertz CT molecular complexity index is 1170. The molecule has 0 aliphatic carbocycles. The van der Waals surface area contributed by atoms with Crippen LogP contribution in [0.1, 0.15) is 18.9 Å². The average molecular weight is 487 g/mol. The molecule has 0 saturated carbocycles. The summed E-state index contributed by atoms with van der Waals surface area (Å²) >= 11 is 1.49. The van der Waals surface area contributed by atoms with Gasteiger partial charge in [-0.15, -0.1) is 11.8 Å². The van der Waals surface area contributed by atoms with Gasteiger partial charge in [-0.25, -0.2) is 12.8 Å². The van der Waals surface area contributed by atoms with Crippen LogP contribution in [0.25, 0.3) is 0 Å². The molecule has 0 aliphatic rings. The summed E-state index contributed by atoms with van der Waals surface area (Å²) in [5, 5.41) is 2.86. The van der Waals surface area contributed by atoms with Crippen molar-refractivity contribution in [3.05, 3.63) is 90.2 Å². The predicted molar refractivity (Wildman–Crippen MR) is 132 cm³/mol. The summed E-state index contributed by atoms with van der Waals surface area (Å²) in [7, 11) is -4.09. The Morgan fingerprint density at radius 3 is 2.36 bits per heavy atom. The molecule has 0 bridgehead atoms. The lowest BCUT2D eigenvalue weighted by molar-refractivity contribution is -0.120. The molecular formula is C25H27FN2O3S2. The maximum atomic E-state index is 13.9. The molecule has 0 saturated heterocycles. The molecule has 1 unspecified atom stereocenters. The van der Waals surface area contributed by atoms with E-state index in [-0.39, 0.29) is 16.6 Å². The molecule has 0 spiro atoms. The number of thioether (sulfide) groups is 1. The monoisotopic (exact) mass is 486 g/mol. The van der Waals surface area contributed by atoms with Gasteiger partial charge in [-0.1, -0.05) is 36.4 Å². The number of aryl methyl sites for hydroxylation is 1. The van der Waals surface area contributed by atoms with Crippen molar-refractivity contribution in [3.8, 4) is 0 Å². The summed E-state index contributed by atoms with van der Waals surface area (Å²) in [6.07, 6.45) is 3.39. The van der Waals surface area contributed by atoms with Crippen LogP contribution in [0.3, 0.4) is 0 Å². The summed E-state index contributed by atoms with van der Waals surface area (Å²) in [5.74, 6) is -1.04. The summed E-state index contributed by atoms with van der Waals surface area (Å²) < 4.78 is 41.6. The standard InChI is InChI=1S/C25H27FN2O3S2/c1-19(11-12-20-7-4-3-5-8-20)27-25(29)18-28(22-10-6-9-21(26)17-22)33(30,31)24-15-13-23(32-2)14-16-24/h3-10,13-17,19H,11-12,18H2,1-2H3,(H,27,29). The number of carbonyl (C=O) groups is 1. The van der Waals surface area contributed by atoms with Crippen molar-refractivity contribution in [2.75, 3.05) is 17.1 Å². The van der Waals surface area contributed by atoms with Crippen LogP contribution in [-0.4, -0.2) is 33.2 Å². The number of carbonyl (C=O) groups excluding carboxylic acids is 1. The summed E-state index contributed by atoms with van der Waals surface area (Å²) in [6.45, 7) is 1.43. The molecule has 0 heterocycles. The van der Waals surface area contributed by atoms with Gasteiger partial charge in [0.25, 0.3) is 10.0 Å². The number of nitrogens with one attached hydrogen (secondary N) is 1. The van der Waals surface area contributed by atoms with Crippen LogP contribution in [0.2, 0.25) is 0 Å². The lowest BCUT2D eigenvalue weighted by Gasteiger charge is -2.25. The van der Waals surface area contributed by atoms with Crippen LogP contribution >= 0.6 is 11.8 Å². The van der Waals surface area contributed by atoms with Gasteiger partial charge < -0.3 is 5.32 Å². The fourth-order valence-corrected chi connectivity index (χ4v) is 5.19. The van der Waals surface area contributed by atoms with Crippen LogP contribution in [0.4, 0.5) is 10.1 Å². The van der Waals surface area contributed by atoms with Crippen LogP contribution in [-0.2, 0) is 21.2 Å². The number of nitrogens with zero attached hydrogens (tertiary/aromatic N) is 1. The van der Waals surface area contributed by atoms with Gasteiger partial charge >= 0.3 is 0 Å². The molecule has 3 aromatic rings. The van der Waals surface area contributed by atoms with Gasteiger partial charge in [0.15, 0.2) is 0 Å². The van der Waals surface area contributed by atoms with Crippen molar-refractivity contribution in [2.45, 2.75) is 35.6 Å². The van der Waals surface area contributed by atoms with E-state index in [1.165, 1.54) is 42.1 Å². The minimum absolute atomic E-state index is 0.0366. The summed E-state index contributed by atoms with van der Waals surface area (Å²) in [4.78, 5) is 13.7. The van der Waals surface area contributed by atoms with Crippen molar-refractivity contribution in [3.63, 3.8) is 0 Å². The normalized spacial score (nSPS) is 12.2. The quantitative estimate of drug-likeness (QED) is 0.415. The SMILES string of the molecule is CSc1ccc(S(=O)(=O)N(CC(=O)NC(C)CCc2ccccc2)c2cccc(F)c2)cc1. The van der Waals surface area contributed by atoms with E-state index >= 15 is 0 Å². The lowest BCUT2D eigenvalue weighted by atomic mass is 10.1. The number of hydrogen-bond donors (Lipinski definition) is 1. The van der Waals surface area contributed by atoms with Crippen LogP contribution in [0.5, 0.6) is 0 Å². The molecule has 1 atom stereocenters. The van der Waals surface area contributed by atoms with E-state index < -0.39 is 28.3 Å². The lowest BCUT2D eigenvalue weighted by Crippen LogP contribution is -2.43. The van der Waals surface area contributed by atoms with Gasteiger partial charge in [0.2, 0.25) is 5.91 Å². The number of sulfonamides is 1. The number of benzene rings is 3. The molecule has 0 aliphatic heterocycles. The highest BCUT2D eigenvalue weighted by molar-refractivity contribution is 7.98. The minimum atomic E-state index is -4.09. The first-order valence-electron chi connectivity index (χ1n) is 10.6. The maximum absolute atomic E-state index is 13.9. The largest absolute Gasteiger partial charge is 0.352 e. The zero-order valence-electron chi connectivity index (χ0n) is 18.6. The number of amides is 1. The van der Waals surface area contributed by atoms with Gasteiger partial charge in [0.1, 0.15) is 12.4 Å². The Balaban J connectivity index is 1.77. The van der Waals surface area contributed by atoms with Crippen LogP contribution in [0.15, 0.2) is 88.7 Å². The summed E-state index contributed by atoms with van der Waals surface area (Å²) in [6, 6.07) is 21.4. The smallest absolute Gasteiger partial charge is 0.264 e. The maximum Gasteiger partial charge on any atom is 0.264 e.